The molecule has 18 heavy (non-hydrogen) atoms. The first kappa shape index (κ1) is 13.8. The van der Waals surface area contributed by atoms with E-state index in [1.807, 2.05) is 0 Å². The molecule has 1 atom stereocenters. The molecule has 1 aromatic rings. The van der Waals surface area contributed by atoms with Gasteiger partial charge >= 0.3 is 0 Å². The SMILES string of the molecule is CC(=O)NC(C)CC(=N)c1ccc([N+](=O)[O-])cc1. The van der Waals surface area contributed by atoms with E-state index in [1.165, 1.54) is 19.1 Å². The van der Waals surface area contributed by atoms with Gasteiger partial charge in [0.1, 0.15) is 0 Å². The monoisotopic (exact) mass is 249 g/mol. The molecule has 0 saturated heterocycles. The van der Waals surface area contributed by atoms with E-state index < -0.39 is 4.92 Å². The number of amides is 1. The van der Waals surface area contributed by atoms with Crippen LogP contribution in [0.15, 0.2) is 24.3 Å². The number of rotatable bonds is 5. The number of nitro benzene ring substituents is 1. The van der Waals surface area contributed by atoms with E-state index in [-0.39, 0.29) is 17.6 Å². The molecule has 1 aromatic carbocycles. The van der Waals surface area contributed by atoms with Crippen LogP contribution in [0.4, 0.5) is 5.69 Å². The molecule has 1 rings (SSSR count). The predicted octanol–water partition coefficient (Wildman–Crippen LogP) is 1.88. The van der Waals surface area contributed by atoms with Gasteiger partial charge in [-0.3, -0.25) is 14.9 Å². The zero-order valence-corrected chi connectivity index (χ0v) is 10.3. The lowest BCUT2D eigenvalue weighted by Crippen LogP contribution is -2.32. The molecule has 0 heterocycles. The van der Waals surface area contributed by atoms with Gasteiger partial charge in [-0.25, -0.2) is 0 Å². The maximum absolute atomic E-state index is 10.8. The van der Waals surface area contributed by atoms with Crippen molar-refractivity contribution in [1.29, 1.82) is 5.41 Å². The van der Waals surface area contributed by atoms with E-state index in [2.05, 4.69) is 5.32 Å². The minimum Gasteiger partial charge on any atom is -0.354 e. The van der Waals surface area contributed by atoms with Gasteiger partial charge in [0.2, 0.25) is 5.91 Å². The fourth-order valence-corrected chi connectivity index (χ4v) is 1.61. The van der Waals surface area contributed by atoms with E-state index in [9.17, 15) is 14.9 Å². The van der Waals surface area contributed by atoms with Crippen molar-refractivity contribution in [2.45, 2.75) is 26.3 Å². The molecule has 0 radical (unpaired) electrons. The minimum absolute atomic E-state index is 0.00135. The summed E-state index contributed by atoms with van der Waals surface area (Å²) in [6.45, 7) is 3.23. The Balaban J connectivity index is 2.67. The average molecular weight is 249 g/mol. The largest absolute Gasteiger partial charge is 0.354 e. The third-order valence-electron chi connectivity index (χ3n) is 2.39. The molecule has 2 N–H and O–H groups in total. The summed E-state index contributed by atoms with van der Waals surface area (Å²) in [6.07, 6.45) is 0.386. The summed E-state index contributed by atoms with van der Waals surface area (Å²) in [4.78, 5) is 20.8. The van der Waals surface area contributed by atoms with Crippen molar-refractivity contribution < 1.29 is 9.72 Å². The molecular weight excluding hydrogens is 234 g/mol. The van der Waals surface area contributed by atoms with E-state index in [0.717, 1.165) is 0 Å². The molecule has 0 spiro atoms. The number of carbonyl (C=O) groups excluding carboxylic acids is 1. The Labute approximate surface area is 105 Å². The van der Waals surface area contributed by atoms with Crippen molar-refractivity contribution in [3.05, 3.63) is 39.9 Å². The van der Waals surface area contributed by atoms with Crippen LogP contribution in [0.25, 0.3) is 0 Å². The van der Waals surface area contributed by atoms with Crippen molar-refractivity contribution in [2.75, 3.05) is 0 Å². The second-order valence-electron chi connectivity index (χ2n) is 4.09. The van der Waals surface area contributed by atoms with Crippen LogP contribution in [0.2, 0.25) is 0 Å². The molecule has 0 aromatic heterocycles. The number of hydrogen-bond acceptors (Lipinski definition) is 4. The first-order valence-electron chi connectivity index (χ1n) is 5.49. The van der Waals surface area contributed by atoms with Crippen LogP contribution in [0, 0.1) is 15.5 Å². The third kappa shape index (κ3) is 3.97. The number of carbonyl (C=O) groups is 1. The zero-order chi connectivity index (χ0) is 13.7. The average Bonchev–Trinajstić information content (AvgIpc) is 2.27. The normalized spacial score (nSPS) is 11.7. The van der Waals surface area contributed by atoms with Crippen molar-refractivity contribution in [3.63, 3.8) is 0 Å². The highest BCUT2D eigenvalue weighted by molar-refractivity contribution is 5.98. The highest BCUT2D eigenvalue weighted by atomic mass is 16.6. The third-order valence-corrected chi connectivity index (χ3v) is 2.39. The Hall–Kier alpha value is -2.24. The quantitative estimate of drug-likeness (QED) is 0.473. The minimum atomic E-state index is -0.479. The highest BCUT2D eigenvalue weighted by Crippen LogP contribution is 2.13. The predicted molar refractivity (Wildman–Crippen MR) is 67.8 cm³/mol. The van der Waals surface area contributed by atoms with Gasteiger partial charge in [-0.15, -0.1) is 0 Å². The Kier molecular flexibility index (Phi) is 4.53. The van der Waals surface area contributed by atoms with E-state index in [1.54, 1.807) is 19.1 Å². The second-order valence-corrected chi connectivity index (χ2v) is 4.09. The molecule has 96 valence electrons. The van der Waals surface area contributed by atoms with Crippen LogP contribution in [0.5, 0.6) is 0 Å². The molecule has 0 fully saturated rings. The molecule has 0 saturated carbocycles. The molecular formula is C12H15N3O3. The van der Waals surface area contributed by atoms with Gasteiger partial charge in [0.15, 0.2) is 0 Å². The number of hydrogen-bond donors (Lipinski definition) is 2. The van der Waals surface area contributed by atoms with Crippen molar-refractivity contribution in [2.24, 2.45) is 0 Å². The van der Waals surface area contributed by atoms with Crippen LogP contribution in [0.3, 0.4) is 0 Å². The number of nitrogens with zero attached hydrogens (tertiary/aromatic N) is 1. The lowest BCUT2D eigenvalue weighted by molar-refractivity contribution is -0.384. The summed E-state index contributed by atoms with van der Waals surface area (Å²) >= 11 is 0. The number of nitro groups is 1. The van der Waals surface area contributed by atoms with Crippen LogP contribution >= 0.6 is 0 Å². The van der Waals surface area contributed by atoms with Gasteiger partial charge in [0.05, 0.1) is 4.92 Å². The Bertz CT molecular complexity index is 468. The Morgan fingerprint density at radius 1 is 1.44 bits per heavy atom. The molecule has 0 aliphatic heterocycles. The van der Waals surface area contributed by atoms with E-state index in [0.29, 0.717) is 17.7 Å². The lowest BCUT2D eigenvalue weighted by Gasteiger charge is -2.13. The molecule has 1 unspecified atom stereocenters. The second kappa shape index (κ2) is 5.90. The number of benzene rings is 1. The molecule has 0 bridgehead atoms. The Morgan fingerprint density at radius 2 is 2.00 bits per heavy atom. The standard InChI is InChI=1S/C12H15N3O3/c1-8(14-9(2)16)7-12(13)10-3-5-11(6-4-10)15(17)18/h3-6,8,13H,7H2,1-2H3,(H,14,16). The summed E-state index contributed by atoms with van der Waals surface area (Å²) in [7, 11) is 0. The van der Waals surface area contributed by atoms with Crippen molar-refractivity contribution >= 4 is 17.3 Å². The zero-order valence-electron chi connectivity index (χ0n) is 10.3. The Morgan fingerprint density at radius 3 is 2.44 bits per heavy atom. The first-order valence-corrected chi connectivity index (χ1v) is 5.49. The molecule has 6 nitrogen and oxygen atoms in total. The van der Waals surface area contributed by atoms with Gasteiger partial charge in [-0.1, -0.05) is 0 Å². The maximum atomic E-state index is 10.8. The van der Waals surface area contributed by atoms with Crippen molar-refractivity contribution in [1.82, 2.24) is 5.32 Å². The van der Waals surface area contributed by atoms with Gasteiger partial charge < -0.3 is 10.7 Å². The summed E-state index contributed by atoms with van der Waals surface area (Å²) in [6, 6.07) is 5.69. The van der Waals surface area contributed by atoms with Crippen LogP contribution in [-0.2, 0) is 4.79 Å². The van der Waals surface area contributed by atoms with Crippen LogP contribution < -0.4 is 5.32 Å². The summed E-state index contributed by atoms with van der Waals surface area (Å²) in [5.74, 6) is -0.140. The van der Waals surface area contributed by atoms with Gasteiger partial charge in [-0.05, 0) is 24.6 Å². The summed E-state index contributed by atoms with van der Waals surface area (Å²) < 4.78 is 0. The van der Waals surface area contributed by atoms with Gasteiger partial charge in [0, 0.05) is 37.2 Å². The van der Waals surface area contributed by atoms with Crippen LogP contribution in [-0.4, -0.2) is 22.6 Å². The van der Waals surface area contributed by atoms with E-state index in [4.69, 9.17) is 5.41 Å². The number of nitrogens with one attached hydrogen (secondary N) is 2. The van der Waals surface area contributed by atoms with Gasteiger partial charge in [0.25, 0.3) is 5.69 Å². The van der Waals surface area contributed by atoms with Crippen molar-refractivity contribution in [3.8, 4) is 0 Å². The smallest absolute Gasteiger partial charge is 0.269 e. The number of non-ortho nitro benzene ring substituents is 1. The molecule has 1 amide bonds. The maximum Gasteiger partial charge on any atom is 0.269 e. The summed E-state index contributed by atoms with van der Waals surface area (Å²) in [5, 5.41) is 21.0. The molecule has 6 heteroatoms. The fraction of sp³-hybridized carbons (Fsp3) is 0.333. The van der Waals surface area contributed by atoms with Crippen LogP contribution in [0.1, 0.15) is 25.8 Å². The molecule has 0 aliphatic rings. The molecule has 0 aliphatic carbocycles. The first-order chi connectivity index (χ1) is 8.40. The fourth-order valence-electron chi connectivity index (χ4n) is 1.61. The topological polar surface area (TPSA) is 96.1 Å². The highest BCUT2D eigenvalue weighted by Gasteiger charge is 2.10. The van der Waals surface area contributed by atoms with E-state index >= 15 is 0 Å². The van der Waals surface area contributed by atoms with Gasteiger partial charge in [-0.2, -0.15) is 0 Å². The lowest BCUT2D eigenvalue weighted by atomic mass is 10.0. The summed E-state index contributed by atoms with van der Waals surface area (Å²) in [5.41, 5.74) is 0.963.